The van der Waals surface area contributed by atoms with Gasteiger partial charge >= 0.3 is 0 Å². The first kappa shape index (κ1) is 26.6. The van der Waals surface area contributed by atoms with Crippen LogP contribution in [0.3, 0.4) is 0 Å². The zero-order valence-electron chi connectivity index (χ0n) is 22.0. The highest BCUT2D eigenvalue weighted by Crippen LogP contribution is 2.39. The molecule has 1 aliphatic carbocycles. The molecule has 0 aliphatic heterocycles. The van der Waals surface area contributed by atoms with Gasteiger partial charge < -0.3 is 19.7 Å². The minimum absolute atomic E-state index is 0.0860. The molecule has 1 heterocycles. The van der Waals surface area contributed by atoms with Crippen molar-refractivity contribution in [2.45, 2.75) is 65.0 Å². The lowest BCUT2D eigenvalue weighted by Crippen LogP contribution is -2.47. The van der Waals surface area contributed by atoms with Crippen LogP contribution in [0.2, 0.25) is 0 Å². The molecule has 0 bridgehead atoms. The van der Waals surface area contributed by atoms with Crippen LogP contribution in [0.4, 0.5) is 0 Å². The number of methoxy groups -OCH3 is 2. The summed E-state index contributed by atoms with van der Waals surface area (Å²) in [5.41, 5.74) is 1.75. The molecule has 1 unspecified atom stereocenters. The lowest BCUT2D eigenvalue weighted by Gasteiger charge is -2.28. The minimum atomic E-state index is -0.569. The van der Waals surface area contributed by atoms with Crippen LogP contribution in [0.5, 0.6) is 11.5 Å². The standard InChI is InChI=1S/C27H40N4O4/c1-18(2)17-31-22(25-23(34-5)13-10-14-24(25)35-6)16-20(29-31)26(32)28-21(27(33)30(3)4)15-19-11-8-7-9-12-19/h10,13-14,16,18-19,21H,7-9,11-12,15,17H2,1-6H3,(H,28,32). The van der Waals surface area contributed by atoms with E-state index in [2.05, 4.69) is 24.3 Å². The molecular weight excluding hydrogens is 444 g/mol. The topological polar surface area (TPSA) is 85.7 Å². The number of rotatable bonds is 10. The summed E-state index contributed by atoms with van der Waals surface area (Å²) in [6, 6.07) is 6.77. The maximum atomic E-state index is 13.4. The zero-order chi connectivity index (χ0) is 25.5. The third-order valence-electron chi connectivity index (χ3n) is 6.57. The SMILES string of the molecule is COc1cccc(OC)c1-c1cc(C(=O)NC(CC2CCCCC2)C(=O)N(C)C)nn1CC(C)C. The third kappa shape index (κ3) is 6.55. The average Bonchev–Trinajstić information content (AvgIpc) is 3.25. The quantitative estimate of drug-likeness (QED) is 0.541. The lowest BCUT2D eigenvalue weighted by atomic mass is 9.84. The third-order valence-corrected chi connectivity index (χ3v) is 6.57. The molecule has 1 fully saturated rings. The highest BCUT2D eigenvalue weighted by Gasteiger charge is 2.29. The van der Waals surface area contributed by atoms with E-state index >= 15 is 0 Å². The molecule has 192 valence electrons. The van der Waals surface area contributed by atoms with E-state index in [1.54, 1.807) is 39.3 Å². The summed E-state index contributed by atoms with van der Waals surface area (Å²) in [6.07, 6.45) is 6.48. The molecule has 1 atom stereocenters. The normalized spacial score (nSPS) is 15.1. The Morgan fingerprint density at radius 1 is 1.11 bits per heavy atom. The molecule has 1 aliphatic rings. The Morgan fingerprint density at radius 3 is 2.29 bits per heavy atom. The van der Waals surface area contributed by atoms with Gasteiger partial charge in [-0.25, -0.2) is 0 Å². The van der Waals surface area contributed by atoms with Gasteiger partial charge in [-0.1, -0.05) is 52.0 Å². The number of ether oxygens (including phenoxy) is 2. The van der Waals surface area contributed by atoms with Crippen molar-refractivity contribution < 1.29 is 19.1 Å². The smallest absolute Gasteiger partial charge is 0.272 e. The molecule has 1 aromatic carbocycles. The molecule has 0 radical (unpaired) electrons. The fourth-order valence-corrected chi connectivity index (χ4v) is 4.84. The molecule has 2 amide bonds. The predicted octanol–water partition coefficient (Wildman–Crippen LogP) is 4.38. The fourth-order valence-electron chi connectivity index (χ4n) is 4.84. The number of hydrogen-bond acceptors (Lipinski definition) is 5. The van der Waals surface area contributed by atoms with Gasteiger partial charge in [0.25, 0.3) is 5.91 Å². The Balaban J connectivity index is 1.94. The van der Waals surface area contributed by atoms with Crippen LogP contribution in [0, 0.1) is 11.8 Å². The highest BCUT2D eigenvalue weighted by molar-refractivity contribution is 5.97. The maximum absolute atomic E-state index is 13.4. The molecule has 1 aromatic heterocycles. The van der Waals surface area contributed by atoms with Crippen LogP contribution < -0.4 is 14.8 Å². The summed E-state index contributed by atoms with van der Waals surface area (Å²) in [5.74, 6) is 1.60. The van der Waals surface area contributed by atoms with Crippen molar-refractivity contribution in [1.29, 1.82) is 0 Å². The van der Waals surface area contributed by atoms with Crippen molar-refractivity contribution in [2.24, 2.45) is 11.8 Å². The second kappa shape index (κ2) is 12.1. The Hall–Kier alpha value is -3.03. The Bertz CT molecular complexity index is 986. The van der Waals surface area contributed by atoms with Crippen LogP contribution in [0.15, 0.2) is 24.3 Å². The zero-order valence-corrected chi connectivity index (χ0v) is 22.0. The Morgan fingerprint density at radius 2 is 1.74 bits per heavy atom. The first-order valence-corrected chi connectivity index (χ1v) is 12.6. The van der Waals surface area contributed by atoms with Gasteiger partial charge in [-0.05, 0) is 36.5 Å². The molecule has 35 heavy (non-hydrogen) atoms. The van der Waals surface area contributed by atoms with Crippen molar-refractivity contribution in [3.63, 3.8) is 0 Å². The summed E-state index contributed by atoms with van der Waals surface area (Å²) < 4.78 is 13.0. The number of nitrogens with zero attached hydrogens (tertiary/aromatic N) is 3. The molecule has 3 rings (SSSR count). The minimum Gasteiger partial charge on any atom is -0.496 e. The van der Waals surface area contributed by atoms with Crippen molar-refractivity contribution in [3.05, 3.63) is 30.0 Å². The molecule has 1 saturated carbocycles. The summed E-state index contributed by atoms with van der Waals surface area (Å²) >= 11 is 0. The first-order chi connectivity index (χ1) is 16.7. The van der Waals surface area contributed by atoms with Crippen LogP contribution in [-0.4, -0.2) is 60.9 Å². The van der Waals surface area contributed by atoms with Crippen LogP contribution in [0.25, 0.3) is 11.3 Å². The maximum Gasteiger partial charge on any atom is 0.272 e. The van der Waals surface area contributed by atoms with Gasteiger partial charge in [-0.3, -0.25) is 14.3 Å². The van der Waals surface area contributed by atoms with Gasteiger partial charge in [0.2, 0.25) is 5.91 Å². The Kier molecular flexibility index (Phi) is 9.18. The lowest BCUT2D eigenvalue weighted by molar-refractivity contribution is -0.131. The predicted molar refractivity (Wildman–Crippen MR) is 137 cm³/mol. The average molecular weight is 485 g/mol. The number of likely N-dealkylation sites (N-methyl/N-ethyl adjacent to an activating group) is 1. The van der Waals surface area contributed by atoms with Gasteiger partial charge in [-0.15, -0.1) is 0 Å². The van der Waals surface area contributed by atoms with Crippen molar-refractivity contribution in [1.82, 2.24) is 20.0 Å². The monoisotopic (exact) mass is 484 g/mol. The van der Waals surface area contributed by atoms with E-state index in [0.717, 1.165) is 24.1 Å². The van der Waals surface area contributed by atoms with Gasteiger partial charge in [0.1, 0.15) is 17.5 Å². The van der Waals surface area contributed by atoms with Crippen LogP contribution in [0.1, 0.15) is 62.9 Å². The summed E-state index contributed by atoms with van der Waals surface area (Å²) in [7, 11) is 6.67. The molecule has 1 N–H and O–H groups in total. The van der Waals surface area contributed by atoms with E-state index in [9.17, 15) is 9.59 Å². The number of benzene rings is 1. The first-order valence-electron chi connectivity index (χ1n) is 12.6. The van der Waals surface area contributed by atoms with Gasteiger partial charge in [0.15, 0.2) is 5.69 Å². The molecule has 0 spiro atoms. The van der Waals surface area contributed by atoms with Gasteiger partial charge in [-0.2, -0.15) is 5.10 Å². The van der Waals surface area contributed by atoms with Gasteiger partial charge in [0, 0.05) is 20.6 Å². The van der Waals surface area contributed by atoms with Crippen molar-refractivity contribution in [3.8, 4) is 22.8 Å². The number of amides is 2. The second-order valence-corrected chi connectivity index (χ2v) is 10.0. The molecule has 8 heteroatoms. The van der Waals surface area contributed by atoms with Crippen LogP contribution in [-0.2, 0) is 11.3 Å². The van der Waals surface area contributed by atoms with E-state index in [4.69, 9.17) is 9.47 Å². The number of carbonyl (C=O) groups is 2. The fraction of sp³-hybridized carbons (Fsp3) is 0.593. The second-order valence-electron chi connectivity index (χ2n) is 10.0. The van der Waals surface area contributed by atoms with E-state index in [1.807, 2.05) is 22.9 Å². The van der Waals surface area contributed by atoms with E-state index in [1.165, 1.54) is 19.3 Å². The molecule has 2 aromatic rings. The molecular formula is C27H40N4O4. The number of nitrogens with one attached hydrogen (secondary N) is 1. The molecule has 8 nitrogen and oxygen atoms in total. The van der Waals surface area contributed by atoms with Crippen LogP contribution >= 0.6 is 0 Å². The van der Waals surface area contributed by atoms with E-state index < -0.39 is 6.04 Å². The number of carbonyl (C=O) groups excluding carboxylic acids is 2. The largest absolute Gasteiger partial charge is 0.496 e. The van der Waals surface area contributed by atoms with Gasteiger partial charge in [0.05, 0.1) is 25.5 Å². The van der Waals surface area contributed by atoms with E-state index in [0.29, 0.717) is 36.3 Å². The van der Waals surface area contributed by atoms with E-state index in [-0.39, 0.29) is 17.5 Å². The summed E-state index contributed by atoms with van der Waals surface area (Å²) in [6.45, 7) is 4.81. The molecule has 0 saturated heterocycles. The van der Waals surface area contributed by atoms with Crippen molar-refractivity contribution in [2.75, 3.05) is 28.3 Å². The van der Waals surface area contributed by atoms with Crippen molar-refractivity contribution >= 4 is 11.8 Å². The Labute approximate surface area is 209 Å². The highest BCUT2D eigenvalue weighted by atomic mass is 16.5. The summed E-state index contributed by atoms with van der Waals surface area (Å²) in [4.78, 5) is 27.9. The number of aromatic nitrogens is 2. The summed E-state index contributed by atoms with van der Waals surface area (Å²) in [5, 5.41) is 7.65. The number of hydrogen-bond donors (Lipinski definition) is 1.